The number of fused-ring (bicyclic) bond motifs is 6. The second kappa shape index (κ2) is 13.5. The van der Waals surface area contributed by atoms with Gasteiger partial charge in [-0.1, -0.05) is 22.0 Å². The van der Waals surface area contributed by atoms with Gasteiger partial charge < -0.3 is 36.8 Å². The Morgan fingerprint density at radius 1 is 0.463 bits per heavy atom. The summed E-state index contributed by atoms with van der Waals surface area (Å²) in [6.07, 6.45) is 3.55. The molecule has 3 aliphatic rings. The number of benzene rings is 2. The molecule has 2 aromatic carbocycles. The van der Waals surface area contributed by atoms with Crippen LogP contribution in [0.25, 0.3) is 44.1 Å². The van der Waals surface area contributed by atoms with Crippen LogP contribution in [0, 0.1) is 0 Å². The molecule has 7 heterocycles. The fourth-order valence-corrected chi connectivity index (χ4v) is 6.67. The van der Waals surface area contributed by atoms with Crippen LogP contribution in [0.5, 0.6) is 0 Å². The number of hydrogen-bond acceptors (Lipinski definition) is 10. The highest BCUT2D eigenvalue weighted by atomic mass is 79.9. The Morgan fingerprint density at radius 3 is 1.30 bits per heavy atom. The lowest BCUT2D eigenvalue weighted by molar-refractivity contribution is 0.00578. The molecule has 14 heteroatoms. The van der Waals surface area contributed by atoms with E-state index in [1.54, 1.807) is 12.4 Å². The van der Waals surface area contributed by atoms with E-state index in [1.165, 1.54) is 0 Å². The van der Waals surface area contributed by atoms with Gasteiger partial charge >= 0.3 is 21.1 Å². The molecule has 3 saturated heterocycles. The first-order valence-corrected chi connectivity index (χ1v) is 19.2. The van der Waals surface area contributed by atoms with Gasteiger partial charge in [0, 0.05) is 27.6 Å². The van der Waals surface area contributed by atoms with Gasteiger partial charge in [-0.05, 0) is 143 Å². The Hall–Kier alpha value is -3.23. The third-order valence-electron chi connectivity index (χ3n) is 11.7. The first kappa shape index (κ1) is 39.0. The van der Waals surface area contributed by atoms with Crippen molar-refractivity contribution >= 4 is 86.7 Å². The van der Waals surface area contributed by atoms with Crippen LogP contribution < -0.4 is 5.46 Å². The van der Waals surface area contributed by atoms with Gasteiger partial charge in [-0.3, -0.25) is 9.97 Å². The zero-order chi connectivity index (χ0) is 39.1. The summed E-state index contributed by atoms with van der Waals surface area (Å²) in [6, 6.07) is 19.5. The van der Waals surface area contributed by atoms with Crippen molar-refractivity contribution in [1.82, 2.24) is 9.97 Å². The maximum Gasteiger partial charge on any atom is 0.494 e. The molecule has 54 heavy (non-hydrogen) atoms. The van der Waals surface area contributed by atoms with E-state index < -0.39 is 14.0 Å². The lowest BCUT2D eigenvalue weighted by Crippen LogP contribution is -2.41. The van der Waals surface area contributed by atoms with Crippen molar-refractivity contribution in [2.75, 3.05) is 0 Å². The molecule has 10 nitrogen and oxygen atoms in total. The van der Waals surface area contributed by atoms with Crippen molar-refractivity contribution in [3.8, 4) is 0 Å². The SMILES string of the molecule is Brc1ccc2oc3cccnc3c2c1.CC1(C)OB(B2OC(C)(C)C(C)(C)O2)OC1(C)C.CC1(C)OB(c2ccc3oc4cccnc4c3c2)OC1(C)C. The third kappa shape index (κ3) is 7.04. The van der Waals surface area contributed by atoms with Gasteiger partial charge in [0.2, 0.25) is 0 Å². The fraction of sp³-hybridized carbons (Fsp3) is 0.450. The van der Waals surface area contributed by atoms with Gasteiger partial charge in [0.25, 0.3) is 0 Å². The molecule has 0 aliphatic carbocycles. The average molecular weight is 797 g/mol. The summed E-state index contributed by atoms with van der Waals surface area (Å²) in [4.78, 5) is 8.71. The first-order chi connectivity index (χ1) is 25.1. The van der Waals surface area contributed by atoms with Crippen molar-refractivity contribution in [3.05, 3.63) is 77.5 Å². The van der Waals surface area contributed by atoms with Gasteiger partial charge in [0.05, 0.1) is 33.6 Å². The molecule has 4 aromatic heterocycles. The second-order valence-corrected chi connectivity index (χ2v) is 18.1. The molecule has 9 rings (SSSR count). The number of hydrogen-bond donors (Lipinski definition) is 0. The largest absolute Gasteiger partial charge is 0.494 e. The third-order valence-corrected chi connectivity index (χ3v) is 12.2. The summed E-state index contributed by atoms with van der Waals surface area (Å²) in [5.41, 5.74) is 3.98. The van der Waals surface area contributed by atoms with E-state index in [2.05, 4.69) is 59.7 Å². The molecule has 0 atom stereocenters. The maximum absolute atomic E-state index is 6.11. The number of nitrogens with zero attached hydrogens (tertiary/aromatic N) is 2. The summed E-state index contributed by atoms with van der Waals surface area (Å²) in [5, 5.41) is 2.04. The molecule has 0 N–H and O–H groups in total. The summed E-state index contributed by atoms with van der Waals surface area (Å²) < 4.78 is 48.6. The van der Waals surface area contributed by atoms with E-state index in [-0.39, 0.29) is 40.7 Å². The average Bonchev–Trinajstić information content (AvgIpc) is 3.81. The molecule has 0 saturated carbocycles. The predicted molar refractivity (Wildman–Crippen MR) is 219 cm³/mol. The normalized spacial score (nSPS) is 21.8. The summed E-state index contributed by atoms with van der Waals surface area (Å²) >= 11 is 3.43. The molecular weight excluding hydrogens is 749 g/mol. The molecule has 0 amide bonds. The summed E-state index contributed by atoms with van der Waals surface area (Å²) in [7, 11) is -1.32. The minimum absolute atomic E-state index is 0.344. The monoisotopic (exact) mass is 796 g/mol. The Kier molecular flexibility index (Phi) is 9.73. The standard InChI is InChI=1S/C17H18BNO3.C12H24B2O4.C11H6BrNO/c1-16(2)17(3,4)22-18(21-16)11-7-8-13-12(10-11)15-14(20-13)6-5-9-19-15;1-9(2)10(3,4)16-13(15-9)14-17-11(5,6)12(7,8)18-14;12-7-3-4-9-8(6-7)11-10(14-9)2-1-5-13-11/h5-10H,1-4H3;1-8H3;1-6H. The van der Waals surface area contributed by atoms with Crippen LogP contribution >= 0.6 is 15.9 Å². The van der Waals surface area contributed by atoms with Crippen molar-refractivity contribution in [2.45, 2.75) is 117 Å². The van der Waals surface area contributed by atoms with Crippen LogP contribution in [0.3, 0.4) is 0 Å². The van der Waals surface area contributed by atoms with E-state index in [9.17, 15) is 0 Å². The van der Waals surface area contributed by atoms with Crippen molar-refractivity contribution in [2.24, 2.45) is 0 Å². The van der Waals surface area contributed by atoms with Gasteiger partial charge in [-0.25, -0.2) is 0 Å². The quantitative estimate of drug-likeness (QED) is 0.158. The van der Waals surface area contributed by atoms with Crippen LogP contribution in [-0.2, 0) is 27.9 Å². The van der Waals surface area contributed by atoms with E-state index in [1.807, 2.05) is 110 Å². The Balaban J connectivity index is 0.000000128. The molecular formula is C40H48B3BrN2O8. The predicted octanol–water partition coefficient (Wildman–Crippen LogP) is 9.27. The first-order valence-electron chi connectivity index (χ1n) is 18.4. The number of rotatable bonds is 2. The fourth-order valence-electron chi connectivity index (χ4n) is 6.31. The smallest absolute Gasteiger partial charge is 0.454 e. The van der Waals surface area contributed by atoms with Gasteiger partial charge in [-0.15, -0.1) is 0 Å². The van der Waals surface area contributed by atoms with E-state index >= 15 is 0 Å². The van der Waals surface area contributed by atoms with Crippen molar-refractivity contribution in [3.63, 3.8) is 0 Å². The lowest BCUT2D eigenvalue weighted by atomic mass is 9.49. The Labute approximate surface area is 326 Å². The molecule has 3 fully saturated rings. The lowest BCUT2D eigenvalue weighted by Gasteiger charge is -2.32. The van der Waals surface area contributed by atoms with E-state index in [0.717, 1.165) is 54.1 Å². The molecule has 0 unspecified atom stereocenters. The second-order valence-electron chi connectivity index (χ2n) is 17.1. The van der Waals surface area contributed by atoms with E-state index in [0.29, 0.717) is 0 Å². The van der Waals surface area contributed by atoms with Crippen LogP contribution in [0.1, 0.15) is 83.1 Å². The highest BCUT2D eigenvalue weighted by Crippen LogP contribution is 2.43. The minimum Gasteiger partial charge on any atom is -0.454 e. The van der Waals surface area contributed by atoms with Crippen LogP contribution in [0.15, 0.2) is 86.4 Å². The van der Waals surface area contributed by atoms with Crippen LogP contribution in [0.2, 0.25) is 0 Å². The van der Waals surface area contributed by atoms with Gasteiger partial charge in [0.1, 0.15) is 22.2 Å². The Bertz CT molecular complexity index is 2250. The number of aromatic nitrogens is 2. The maximum atomic E-state index is 6.11. The highest BCUT2D eigenvalue weighted by molar-refractivity contribution is 9.10. The zero-order valence-electron chi connectivity index (χ0n) is 33.2. The molecule has 0 bridgehead atoms. The minimum atomic E-state index is -0.476. The number of halogens is 1. The number of pyridine rings is 2. The van der Waals surface area contributed by atoms with E-state index in [4.69, 9.17) is 36.8 Å². The van der Waals surface area contributed by atoms with Crippen LogP contribution in [-0.4, -0.2) is 64.7 Å². The zero-order valence-corrected chi connectivity index (χ0v) is 34.8. The van der Waals surface area contributed by atoms with Gasteiger partial charge in [0.15, 0.2) is 11.2 Å². The van der Waals surface area contributed by atoms with Gasteiger partial charge in [-0.2, -0.15) is 0 Å². The van der Waals surface area contributed by atoms with Crippen LogP contribution in [0.4, 0.5) is 0 Å². The molecule has 3 aliphatic heterocycles. The summed E-state index contributed by atoms with van der Waals surface area (Å²) in [5.74, 6) is 0. The molecule has 282 valence electrons. The number of furan rings is 2. The molecule has 6 aromatic rings. The Morgan fingerprint density at radius 2 is 0.852 bits per heavy atom. The molecule has 0 spiro atoms. The highest BCUT2D eigenvalue weighted by Gasteiger charge is 2.63. The van der Waals surface area contributed by atoms with Crippen molar-refractivity contribution < 1.29 is 36.8 Å². The topological polar surface area (TPSA) is 107 Å². The molecule has 0 radical (unpaired) electrons. The van der Waals surface area contributed by atoms with Crippen molar-refractivity contribution in [1.29, 1.82) is 0 Å². The summed E-state index contributed by atoms with van der Waals surface area (Å²) in [6.45, 7) is 24.4.